The summed E-state index contributed by atoms with van der Waals surface area (Å²) >= 11 is 0. The topological polar surface area (TPSA) is 80.6 Å². The van der Waals surface area contributed by atoms with Crippen LogP contribution in [0, 0.1) is 24.0 Å². The van der Waals surface area contributed by atoms with Gasteiger partial charge in [0.25, 0.3) is 0 Å². The van der Waals surface area contributed by atoms with Crippen LogP contribution in [0.25, 0.3) is 32.9 Å². The smallest absolute Gasteiger partial charge is 0.318 e. The third kappa shape index (κ3) is 3.93. The summed E-state index contributed by atoms with van der Waals surface area (Å²) < 4.78 is 41.5. The lowest BCUT2D eigenvalue weighted by atomic mass is 9.95. The van der Waals surface area contributed by atoms with Crippen molar-refractivity contribution < 1.29 is 23.4 Å². The predicted octanol–water partition coefficient (Wildman–Crippen LogP) is 4.82. The van der Waals surface area contributed by atoms with Gasteiger partial charge in [-0.2, -0.15) is 9.97 Å². The summed E-state index contributed by atoms with van der Waals surface area (Å²) in [5, 5.41) is 11.5. The number of rotatable bonds is 5. The van der Waals surface area contributed by atoms with E-state index in [2.05, 4.69) is 25.8 Å². The van der Waals surface area contributed by atoms with E-state index >= 15 is 4.39 Å². The molecule has 2 aromatic carbocycles. The van der Waals surface area contributed by atoms with Crippen LogP contribution in [0.15, 0.2) is 30.5 Å². The van der Waals surface area contributed by atoms with Crippen molar-refractivity contribution in [2.75, 3.05) is 32.3 Å². The number of fused-ring (bicyclic) bond motifs is 2. The number of piperidine rings is 1. The molecule has 1 fully saturated rings. The zero-order valence-electron chi connectivity index (χ0n) is 19.9. The van der Waals surface area contributed by atoms with Gasteiger partial charge < -0.3 is 19.5 Å². The minimum Gasteiger partial charge on any atom is -0.508 e. The highest BCUT2D eigenvalue weighted by molar-refractivity contribution is 6.03. The van der Waals surface area contributed by atoms with E-state index in [0.717, 1.165) is 19.3 Å². The summed E-state index contributed by atoms with van der Waals surface area (Å²) in [6.07, 6.45) is 10.0. The Hall–Kier alpha value is -4.03. The molecular formula is C27H24F2N4O3. The maximum atomic E-state index is 16.2. The Morgan fingerprint density at radius 1 is 1.19 bits per heavy atom. The van der Waals surface area contributed by atoms with Crippen molar-refractivity contribution >= 4 is 27.5 Å². The molecule has 1 unspecified atom stereocenters. The van der Waals surface area contributed by atoms with Crippen LogP contribution in [0.5, 0.6) is 11.8 Å². The summed E-state index contributed by atoms with van der Waals surface area (Å²) in [7, 11) is 3.06. The molecule has 36 heavy (non-hydrogen) atoms. The number of nitrogens with zero attached hydrogens (tertiary/aromatic N) is 4. The molecule has 5 rings (SSSR count). The van der Waals surface area contributed by atoms with E-state index in [9.17, 15) is 9.50 Å². The summed E-state index contributed by atoms with van der Waals surface area (Å²) in [4.78, 5) is 15.3. The number of methoxy groups -OCH3 is 2. The second-order valence-corrected chi connectivity index (χ2v) is 8.67. The number of aromatic hydroxyl groups is 1. The molecule has 1 N–H and O–H groups in total. The largest absolute Gasteiger partial charge is 0.508 e. The molecule has 1 atom stereocenters. The van der Waals surface area contributed by atoms with Gasteiger partial charge in [0, 0.05) is 30.8 Å². The van der Waals surface area contributed by atoms with E-state index in [1.54, 1.807) is 7.11 Å². The van der Waals surface area contributed by atoms with Gasteiger partial charge in [-0.1, -0.05) is 12.0 Å². The maximum absolute atomic E-state index is 16.2. The number of halogens is 2. The molecular weight excluding hydrogens is 466 g/mol. The summed E-state index contributed by atoms with van der Waals surface area (Å²) in [5.41, 5.74) is -0.00489. The van der Waals surface area contributed by atoms with Crippen LogP contribution >= 0.6 is 0 Å². The highest BCUT2D eigenvalue weighted by atomic mass is 19.1. The number of phenolic OH excluding ortho intramolecular Hbond substituents is 1. The normalized spacial score (nSPS) is 15.9. The van der Waals surface area contributed by atoms with Crippen molar-refractivity contribution in [1.29, 1.82) is 0 Å². The lowest BCUT2D eigenvalue weighted by Gasteiger charge is -2.36. The molecule has 0 radical (unpaired) electrons. The first kappa shape index (κ1) is 23.7. The molecule has 1 saturated heterocycles. The number of aromatic nitrogens is 3. The van der Waals surface area contributed by atoms with Crippen LogP contribution < -0.4 is 9.64 Å². The van der Waals surface area contributed by atoms with Gasteiger partial charge in [0.1, 0.15) is 28.6 Å². The van der Waals surface area contributed by atoms with Gasteiger partial charge in [-0.05, 0) is 42.8 Å². The number of pyridine rings is 1. The van der Waals surface area contributed by atoms with E-state index in [1.807, 2.05) is 0 Å². The maximum Gasteiger partial charge on any atom is 0.318 e. The quantitative estimate of drug-likeness (QED) is 0.402. The molecule has 0 amide bonds. The van der Waals surface area contributed by atoms with Crippen LogP contribution in [0.3, 0.4) is 0 Å². The average molecular weight is 491 g/mol. The minimum absolute atomic E-state index is 0.00116. The lowest BCUT2D eigenvalue weighted by molar-refractivity contribution is 0.166. The van der Waals surface area contributed by atoms with Gasteiger partial charge in [0.15, 0.2) is 5.82 Å². The Morgan fingerprint density at radius 3 is 2.78 bits per heavy atom. The highest BCUT2D eigenvalue weighted by Gasteiger charge is 2.28. The van der Waals surface area contributed by atoms with Crippen LogP contribution in [0.2, 0.25) is 0 Å². The number of hydrogen-bond acceptors (Lipinski definition) is 7. The van der Waals surface area contributed by atoms with E-state index in [0.29, 0.717) is 29.7 Å². The SMILES string of the molecule is C#Cc1c(F)ccc2cc(O)cc(-c3ncc4c(N5CCCCC5COC)nc(OC)nc4c3F)c12. The van der Waals surface area contributed by atoms with Crippen molar-refractivity contribution in [2.24, 2.45) is 0 Å². The Balaban J connectivity index is 1.78. The molecule has 2 aromatic heterocycles. The molecule has 0 spiro atoms. The zero-order chi connectivity index (χ0) is 25.4. The minimum atomic E-state index is -0.756. The van der Waals surface area contributed by atoms with Crippen molar-refractivity contribution in [3.8, 4) is 35.4 Å². The Kier molecular flexibility index (Phi) is 6.29. The molecule has 184 valence electrons. The number of benzene rings is 2. The lowest BCUT2D eigenvalue weighted by Crippen LogP contribution is -2.43. The van der Waals surface area contributed by atoms with Crippen molar-refractivity contribution in [1.82, 2.24) is 15.0 Å². The average Bonchev–Trinajstić information content (AvgIpc) is 2.89. The van der Waals surface area contributed by atoms with E-state index < -0.39 is 11.6 Å². The standard InChI is InChI=1S/C27H24F2N4O3/c1-4-18-21(28)9-8-15-11-17(34)12-19(22(15)18)24-23(29)25-20(13-30-24)26(32-27(31-25)36-3)33-10-6-5-7-16(33)14-35-2/h1,8-9,11-13,16,34H,5-7,10,14H2,2-3H3. The summed E-state index contributed by atoms with van der Waals surface area (Å²) in [5.74, 6) is 1.33. The fraction of sp³-hybridized carbons (Fsp3) is 0.296. The zero-order valence-corrected chi connectivity index (χ0v) is 19.9. The van der Waals surface area contributed by atoms with Gasteiger partial charge in [0.2, 0.25) is 0 Å². The van der Waals surface area contributed by atoms with E-state index in [4.69, 9.17) is 15.9 Å². The van der Waals surface area contributed by atoms with Crippen LogP contribution in [0.4, 0.5) is 14.6 Å². The highest BCUT2D eigenvalue weighted by Crippen LogP contribution is 2.39. The van der Waals surface area contributed by atoms with Gasteiger partial charge in [-0.3, -0.25) is 4.98 Å². The third-order valence-electron chi connectivity index (χ3n) is 6.54. The molecule has 0 saturated carbocycles. The molecule has 1 aliphatic heterocycles. The molecule has 0 bridgehead atoms. The second kappa shape index (κ2) is 9.55. The molecule has 9 heteroatoms. The van der Waals surface area contributed by atoms with E-state index in [-0.39, 0.29) is 45.5 Å². The first-order valence-electron chi connectivity index (χ1n) is 11.5. The van der Waals surface area contributed by atoms with Gasteiger partial charge in [-0.25, -0.2) is 8.78 Å². The molecule has 3 heterocycles. The van der Waals surface area contributed by atoms with Gasteiger partial charge in [0.05, 0.1) is 30.7 Å². The predicted molar refractivity (Wildman–Crippen MR) is 133 cm³/mol. The molecule has 7 nitrogen and oxygen atoms in total. The van der Waals surface area contributed by atoms with E-state index in [1.165, 1.54) is 37.6 Å². The van der Waals surface area contributed by atoms with Crippen LogP contribution in [0.1, 0.15) is 24.8 Å². The summed E-state index contributed by atoms with van der Waals surface area (Å²) in [6.45, 7) is 1.21. The third-order valence-corrected chi connectivity index (χ3v) is 6.54. The molecule has 4 aromatic rings. The fourth-order valence-electron chi connectivity index (χ4n) is 4.92. The van der Waals surface area contributed by atoms with Crippen LogP contribution in [-0.4, -0.2) is 53.5 Å². The Labute approximate surface area is 206 Å². The van der Waals surface area contributed by atoms with Gasteiger partial charge in [-0.15, -0.1) is 6.42 Å². The first-order valence-corrected chi connectivity index (χ1v) is 11.5. The van der Waals surface area contributed by atoms with Crippen molar-refractivity contribution in [3.05, 3.63) is 47.7 Å². The van der Waals surface area contributed by atoms with Crippen molar-refractivity contribution in [2.45, 2.75) is 25.3 Å². The van der Waals surface area contributed by atoms with Crippen molar-refractivity contribution in [3.63, 3.8) is 0 Å². The number of anilines is 1. The van der Waals surface area contributed by atoms with Gasteiger partial charge >= 0.3 is 6.01 Å². The number of phenols is 1. The Bertz CT molecular complexity index is 1520. The monoisotopic (exact) mass is 490 g/mol. The summed E-state index contributed by atoms with van der Waals surface area (Å²) in [6, 6.07) is 5.51. The fourth-order valence-corrected chi connectivity index (χ4v) is 4.92. The second-order valence-electron chi connectivity index (χ2n) is 8.67. The first-order chi connectivity index (χ1) is 17.5. The number of terminal acetylenes is 1. The number of ether oxygens (including phenoxy) is 2. The van der Waals surface area contributed by atoms with Crippen LogP contribution in [-0.2, 0) is 4.74 Å². The molecule has 1 aliphatic rings. The molecule has 0 aliphatic carbocycles. The number of hydrogen-bond donors (Lipinski definition) is 1. The Morgan fingerprint density at radius 2 is 2.03 bits per heavy atom.